The Morgan fingerprint density at radius 1 is 1.05 bits per heavy atom. The first-order valence-corrected chi connectivity index (χ1v) is 5.97. The topological polar surface area (TPSA) is 168 Å². The zero-order chi connectivity index (χ0) is 17.0. The van der Waals surface area contributed by atoms with Crippen LogP contribution in [-0.2, 0) is 14.3 Å². The summed E-state index contributed by atoms with van der Waals surface area (Å²) >= 11 is 0. The van der Waals surface area contributed by atoms with Crippen molar-refractivity contribution in [2.75, 3.05) is 27.7 Å². The normalized spacial score (nSPS) is 32.8. The molecule has 0 bridgehead atoms. The maximum absolute atomic E-state index is 10.3. The van der Waals surface area contributed by atoms with Crippen LogP contribution in [0.2, 0.25) is 0 Å². The van der Waals surface area contributed by atoms with Gasteiger partial charge in [0.15, 0.2) is 12.8 Å². The lowest BCUT2D eigenvalue weighted by molar-refractivity contribution is -0.862. The Bertz CT molecular complexity index is 367. The van der Waals surface area contributed by atoms with Gasteiger partial charge in [-0.2, -0.15) is 0 Å². The van der Waals surface area contributed by atoms with Crippen LogP contribution >= 0.6 is 0 Å². The van der Waals surface area contributed by atoms with E-state index >= 15 is 0 Å². The third-order valence-electron chi connectivity index (χ3n) is 2.43. The van der Waals surface area contributed by atoms with E-state index in [1.165, 1.54) is 0 Å². The van der Waals surface area contributed by atoms with E-state index in [9.17, 15) is 14.7 Å². The van der Waals surface area contributed by atoms with Crippen molar-refractivity contribution in [2.24, 2.45) is 0 Å². The molecule has 1 aliphatic rings. The van der Waals surface area contributed by atoms with Gasteiger partial charge in [-0.05, 0) is 0 Å². The van der Waals surface area contributed by atoms with Crippen LogP contribution in [0.1, 0.15) is 0 Å². The Morgan fingerprint density at radius 2 is 1.52 bits per heavy atom. The van der Waals surface area contributed by atoms with E-state index in [1.54, 1.807) is 0 Å². The molecule has 21 heavy (non-hydrogen) atoms. The first kappa shape index (κ1) is 19.7. The predicted octanol–water partition coefficient (Wildman–Crippen LogP) is -4.69. The van der Waals surface area contributed by atoms with E-state index < -0.39 is 42.6 Å². The van der Waals surface area contributed by atoms with Gasteiger partial charge in [-0.1, -0.05) is 0 Å². The fraction of sp³-hybridized carbons (Fsp3) is 0.818. The van der Waals surface area contributed by atoms with Crippen molar-refractivity contribution in [1.82, 2.24) is 0 Å². The van der Waals surface area contributed by atoms with Crippen LogP contribution in [0, 0.1) is 0 Å². The molecule has 0 aromatic heterocycles. The summed E-state index contributed by atoms with van der Waals surface area (Å²) in [6, 6.07) is 0. The molecule has 1 rings (SSSR count). The van der Waals surface area contributed by atoms with Crippen LogP contribution in [0.3, 0.4) is 0 Å². The molecule has 1 heterocycles. The van der Waals surface area contributed by atoms with Crippen molar-refractivity contribution in [1.29, 1.82) is 0 Å². The number of carbonyl (C=O) groups is 2. The number of nitrogens with zero attached hydrogens (tertiary/aromatic N) is 1. The van der Waals surface area contributed by atoms with Gasteiger partial charge in [0, 0.05) is 0 Å². The Balaban J connectivity index is 0.000000433. The van der Waals surface area contributed by atoms with Crippen LogP contribution in [0.4, 0.5) is 0 Å². The third kappa shape index (κ3) is 6.80. The lowest BCUT2D eigenvalue weighted by Gasteiger charge is -2.38. The van der Waals surface area contributed by atoms with Gasteiger partial charge in [0.2, 0.25) is 0 Å². The van der Waals surface area contributed by atoms with Gasteiger partial charge in [-0.25, -0.2) is 4.79 Å². The van der Waals surface area contributed by atoms with E-state index in [0.29, 0.717) is 4.48 Å². The summed E-state index contributed by atoms with van der Waals surface area (Å²) < 4.78 is 4.76. The number of aliphatic hydroxyl groups is 4. The minimum atomic E-state index is -1.85. The van der Waals surface area contributed by atoms with Gasteiger partial charge >= 0.3 is 5.97 Å². The van der Waals surface area contributed by atoms with Crippen molar-refractivity contribution in [3.63, 3.8) is 0 Å². The number of likely N-dealkylation sites (N-methyl/N-ethyl adjacent to an activating group) is 1. The molecule has 1 saturated heterocycles. The second-order valence-corrected chi connectivity index (χ2v) is 5.58. The molecule has 0 radical (unpaired) electrons. The molecule has 10 heteroatoms. The van der Waals surface area contributed by atoms with Crippen LogP contribution in [0.25, 0.3) is 0 Å². The van der Waals surface area contributed by atoms with E-state index in [0.717, 1.165) is 0 Å². The second-order valence-electron chi connectivity index (χ2n) is 5.58. The molecule has 5 N–H and O–H groups in total. The fourth-order valence-corrected chi connectivity index (χ4v) is 1.46. The molecule has 0 aromatic rings. The quantitative estimate of drug-likeness (QED) is 0.322. The molecule has 5 atom stereocenters. The highest BCUT2D eigenvalue weighted by atomic mass is 16.6. The molecule has 10 nitrogen and oxygen atoms in total. The Morgan fingerprint density at radius 3 is 1.81 bits per heavy atom. The monoisotopic (exact) mass is 311 g/mol. The highest BCUT2D eigenvalue weighted by Crippen LogP contribution is 2.19. The van der Waals surface area contributed by atoms with Crippen LogP contribution in [-0.4, -0.2) is 100 Å². The highest BCUT2D eigenvalue weighted by Gasteiger charge is 2.43. The Kier molecular flexibility index (Phi) is 7.16. The van der Waals surface area contributed by atoms with E-state index in [4.69, 9.17) is 25.5 Å². The van der Waals surface area contributed by atoms with Crippen LogP contribution in [0.15, 0.2) is 0 Å². The minimum Gasteiger partial charge on any atom is -0.547 e. The average Bonchev–Trinajstić information content (AvgIpc) is 2.28. The maximum atomic E-state index is 10.3. The highest BCUT2D eigenvalue weighted by molar-refractivity contribution is 5.71. The zero-order valence-electron chi connectivity index (χ0n) is 11.9. The number of rotatable bonds is 3. The number of aliphatic carboxylic acids is 2. The molecule has 1 aliphatic heterocycles. The number of carboxylic acid groups (broad SMARTS) is 2. The number of carbonyl (C=O) groups excluding carboxylic acids is 1. The van der Waals surface area contributed by atoms with E-state index in [1.807, 2.05) is 21.1 Å². The largest absolute Gasteiger partial charge is 0.547 e. The first-order chi connectivity index (χ1) is 9.36. The third-order valence-corrected chi connectivity index (χ3v) is 2.43. The standard InChI is InChI=1S/C6H10O7.C5H11NO2/c7-1-2(8)4(5(10)11)13-6(12)3(1)9;1-6(2,3)4-5(7)8/h1-4,6-9,12H,(H,10,11);4H2,1-3H3/t1-,2-,3+,4-,6?;/m0./s1. The summed E-state index contributed by atoms with van der Waals surface area (Å²) in [5.41, 5.74) is 0. The number of hydrogen-bond donors (Lipinski definition) is 5. The number of hydrogen-bond acceptors (Lipinski definition) is 8. The van der Waals surface area contributed by atoms with Gasteiger partial charge in [0.05, 0.1) is 27.1 Å². The molecular formula is C11H21NO9. The number of quaternary nitrogens is 1. The Hall–Kier alpha value is -1.30. The fourth-order valence-electron chi connectivity index (χ4n) is 1.46. The minimum absolute atomic E-state index is 0.181. The van der Waals surface area contributed by atoms with Gasteiger partial charge < -0.3 is 44.7 Å². The summed E-state index contributed by atoms with van der Waals surface area (Å²) in [5.74, 6) is -2.52. The van der Waals surface area contributed by atoms with Crippen molar-refractivity contribution in [2.45, 2.75) is 30.7 Å². The number of ether oxygens (including phenoxy) is 1. The van der Waals surface area contributed by atoms with Gasteiger partial charge in [0.1, 0.15) is 24.4 Å². The summed E-state index contributed by atoms with van der Waals surface area (Å²) in [4.78, 5) is 20.3. The van der Waals surface area contributed by atoms with Gasteiger partial charge in [0.25, 0.3) is 0 Å². The summed E-state index contributed by atoms with van der Waals surface area (Å²) in [7, 11) is 5.52. The molecule has 0 aliphatic carbocycles. The van der Waals surface area contributed by atoms with Crippen molar-refractivity contribution in [3.05, 3.63) is 0 Å². The smallest absolute Gasteiger partial charge is 0.359 e. The Labute approximate surface area is 121 Å². The number of aliphatic hydroxyl groups excluding tert-OH is 4. The summed E-state index contributed by atoms with van der Waals surface area (Å²) in [6.45, 7) is 0.181. The lowest BCUT2D eigenvalue weighted by atomic mass is 9.99. The zero-order valence-corrected chi connectivity index (χ0v) is 11.9. The molecule has 0 amide bonds. The first-order valence-electron chi connectivity index (χ1n) is 5.97. The van der Waals surface area contributed by atoms with E-state index in [2.05, 4.69) is 4.74 Å². The van der Waals surface area contributed by atoms with Crippen LogP contribution in [0.5, 0.6) is 0 Å². The molecule has 0 saturated carbocycles. The van der Waals surface area contributed by atoms with Crippen molar-refractivity contribution in [3.8, 4) is 0 Å². The second kappa shape index (κ2) is 7.64. The lowest BCUT2D eigenvalue weighted by Crippen LogP contribution is -2.62. The van der Waals surface area contributed by atoms with Gasteiger partial charge in [-0.15, -0.1) is 0 Å². The molecule has 1 unspecified atom stereocenters. The van der Waals surface area contributed by atoms with Crippen LogP contribution < -0.4 is 5.11 Å². The molecule has 0 aromatic carbocycles. The summed E-state index contributed by atoms with van der Waals surface area (Å²) in [6.07, 6.45) is -9.00. The summed E-state index contributed by atoms with van der Waals surface area (Å²) in [5, 5.41) is 54.3. The SMILES string of the molecule is C[N+](C)(C)CC(=O)O.O=C([O-])[C@H]1OC(O)[C@H](O)[C@@H](O)[C@@H]1O. The molecule has 0 spiro atoms. The molecule has 1 fully saturated rings. The van der Waals surface area contributed by atoms with E-state index in [-0.39, 0.29) is 6.54 Å². The van der Waals surface area contributed by atoms with Crippen molar-refractivity contribution < 1.29 is 49.4 Å². The molecular weight excluding hydrogens is 290 g/mol. The van der Waals surface area contributed by atoms with Gasteiger partial charge in [-0.3, -0.25) is 0 Å². The maximum Gasteiger partial charge on any atom is 0.359 e. The molecule has 124 valence electrons. The van der Waals surface area contributed by atoms with Crippen molar-refractivity contribution >= 4 is 11.9 Å². The predicted molar refractivity (Wildman–Crippen MR) is 64.4 cm³/mol. The average molecular weight is 311 g/mol. The number of carboxylic acids is 2.